The van der Waals surface area contributed by atoms with Gasteiger partial charge in [-0.2, -0.15) is 0 Å². The Morgan fingerprint density at radius 2 is 2.04 bits per heavy atom. The molecule has 1 aromatic rings. The van der Waals surface area contributed by atoms with E-state index in [-0.39, 0.29) is 29.6 Å². The molecule has 1 aliphatic heterocycles. The Balaban J connectivity index is 0.00000288. The highest BCUT2D eigenvalue weighted by molar-refractivity contribution is 14.0. The summed E-state index contributed by atoms with van der Waals surface area (Å²) in [7, 11) is 1.78. The van der Waals surface area contributed by atoms with Crippen LogP contribution in [-0.4, -0.2) is 37.9 Å². The quantitative estimate of drug-likeness (QED) is 0.413. The second kappa shape index (κ2) is 10.1. The third-order valence-corrected chi connectivity index (χ3v) is 3.58. The molecular formula is C18H30IN3O2. The number of rotatable bonds is 5. The Morgan fingerprint density at radius 3 is 2.67 bits per heavy atom. The molecule has 1 saturated heterocycles. The van der Waals surface area contributed by atoms with Crippen molar-refractivity contribution in [3.05, 3.63) is 29.8 Å². The van der Waals surface area contributed by atoms with Crippen molar-refractivity contribution < 1.29 is 9.47 Å². The van der Waals surface area contributed by atoms with Crippen LogP contribution in [0.2, 0.25) is 0 Å². The van der Waals surface area contributed by atoms with Crippen LogP contribution in [-0.2, 0) is 11.3 Å². The van der Waals surface area contributed by atoms with Gasteiger partial charge < -0.3 is 20.1 Å². The number of benzene rings is 1. The molecule has 1 fully saturated rings. The predicted molar refractivity (Wildman–Crippen MR) is 109 cm³/mol. The zero-order chi connectivity index (χ0) is 16.7. The van der Waals surface area contributed by atoms with Crippen LogP contribution in [0.4, 0.5) is 0 Å². The molecule has 0 spiro atoms. The van der Waals surface area contributed by atoms with E-state index in [1.165, 1.54) is 0 Å². The summed E-state index contributed by atoms with van der Waals surface area (Å²) in [5, 5.41) is 6.66. The zero-order valence-corrected chi connectivity index (χ0v) is 17.4. The summed E-state index contributed by atoms with van der Waals surface area (Å²) in [5.41, 5.74) is 0.901. The number of nitrogens with zero attached hydrogens (tertiary/aromatic N) is 1. The average molecular weight is 447 g/mol. The van der Waals surface area contributed by atoms with Gasteiger partial charge in [0.15, 0.2) is 5.96 Å². The SMILES string of the molecule is CN=C(NCc1ccccc1OC(C)(C)C)NCC1CCCO1.I. The number of hydrogen-bond acceptors (Lipinski definition) is 3. The van der Waals surface area contributed by atoms with Crippen LogP contribution in [0, 0.1) is 0 Å². The highest BCUT2D eigenvalue weighted by Gasteiger charge is 2.16. The molecular weight excluding hydrogens is 417 g/mol. The van der Waals surface area contributed by atoms with E-state index in [4.69, 9.17) is 9.47 Å². The molecule has 0 aliphatic carbocycles. The van der Waals surface area contributed by atoms with Crippen LogP contribution >= 0.6 is 24.0 Å². The number of nitrogens with one attached hydrogen (secondary N) is 2. The first-order valence-corrected chi connectivity index (χ1v) is 8.31. The molecule has 24 heavy (non-hydrogen) atoms. The summed E-state index contributed by atoms with van der Waals surface area (Å²) >= 11 is 0. The van der Waals surface area contributed by atoms with Crippen molar-refractivity contribution in [2.75, 3.05) is 20.2 Å². The van der Waals surface area contributed by atoms with Gasteiger partial charge in [-0.25, -0.2) is 0 Å². The van der Waals surface area contributed by atoms with Gasteiger partial charge in [0, 0.05) is 32.3 Å². The van der Waals surface area contributed by atoms with E-state index in [2.05, 4.69) is 42.5 Å². The minimum atomic E-state index is -0.212. The maximum Gasteiger partial charge on any atom is 0.191 e. The van der Waals surface area contributed by atoms with Crippen LogP contribution in [0.3, 0.4) is 0 Å². The Labute approximate surface area is 162 Å². The van der Waals surface area contributed by atoms with E-state index in [0.717, 1.165) is 43.3 Å². The zero-order valence-electron chi connectivity index (χ0n) is 15.1. The molecule has 5 nitrogen and oxygen atoms in total. The fraction of sp³-hybridized carbons (Fsp3) is 0.611. The summed E-state index contributed by atoms with van der Waals surface area (Å²) in [6.45, 7) is 8.49. The normalized spacial score (nSPS) is 18.0. The lowest BCUT2D eigenvalue weighted by atomic mass is 10.1. The largest absolute Gasteiger partial charge is 0.488 e. The monoisotopic (exact) mass is 447 g/mol. The van der Waals surface area contributed by atoms with Crippen molar-refractivity contribution in [3.8, 4) is 5.75 Å². The molecule has 0 amide bonds. The standard InChI is InChI=1S/C18H29N3O2.HI/c1-18(2,3)23-16-10-6-5-8-14(16)12-20-17(19-4)21-13-15-9-7-11-22-15;/h5-6,8,10,15H,7,9,11-13H2,1-4H3,(H2,19,20,21);1H. The van der Waals surface area contributed by atoms with Gasteiger partial charge in [0.05, 0.1) is 6.10 Å². The molecule has 0 bridgehead atoms. The van der Waals surface area contributed by atoms with Crippen LogP contribution < -0.4 is 15.4 Å². The fourth-order valence-corrected chi connectivity index (χ4v) is 2.49. The fourth-order valence-electron chi connectivity index (χ4n) is 2.49. The van der Waals surface area contributed by atoms with Crippen molar-refractivity contribution in [2.45, 2.75) is 51.9 Å². The van der Waals surface area contributed by atoms with Gasteiger partial charge >= 0.3 is 0 Å². The van der Waals surface area contributed by atoms with Gasteiger partial charge in [-0.1, -0.05) is 18.2 Å². The third-order valence-electron chi connectivity index (χ3n) is 3.58. The lowest BCUT2D eigenvalue weighted by Crippen LogP contribution is -2.40. The first kappa shape index (κ1) is 21.0. The molecule has 136 valence electrons. The van der Waals surface area contributed by atoms with Gasteiger partial charge in [0.1, 0.15) is 11.4 Å². The molecule has 6 heteroatoms. The molecule has 1 unspecified atom stereocenters. The highest BCUT2D eigenvalue weighted by atomic mass is 127. The third kappa shape index (κ3) is 7.25. The summed E-state index contributed by atoms with van der Waals surface area (Å²) in [6.07, 6.45) is 2.56. The minimum Gasteiger partial charge on any atom is -0.488 e. The molecule has 0 saturated carbocycles. The summed E-state index contributed by atoms with van der Waals surface area (Å²) < 4.78 is 11.6. The summed E-state index contributed by atoms with van der Waals surface area (Å²) in [5.74, 6) is 1.69. The lowest BCUT2D eigenvalue weighted by molar-refractivity contribution is 0.113. The molecule has 1 aliphatic rings. The van der Waals surface area contributed by atoms with E-state index in [9.17, 15) is 0 Å². The van der Waals surface area contributed by atoms with Gasteiger partial charge in [0.25, 0.3) is 0 Å². The first-order valence-electron chi connectivity index (χ1n) is 8.31. The Bertz CT molecular complexity index is 523. The van der Waals surface area contributed by atoms with Crippen LogP contribution in [0.15, 0.2) is 29.3 Å². The van der Waals surface area contributed by atoms with Crippen molar-refractivity contribution in [1.82, 2.24) is 10.6 Å². The predicted octanol–water partition coefficient (Wildman–Crippen LogP) is 3.33. The van der Waals surface area contributed by atoms with Crippen molar-refractivity contribution in [3.63, 3.8) is 0 Å². The number of aliphatic imine (C=N–C) groups is 1. The van der Waals surface area contributed by atoms with Crippen LogP contribution in [0.1, 0.15) is 39.2 Å². The first-order chi connectivity index (χ1) is 11.0. The number of hydrogen-bond donors (Lipinski definition) is 2. The van der Waals surface area contributed by atoms with Gasteiger partial charge in [0.2, 0.25) is 0 Å². The summed E-state index contributed by atoms with van der Waals surface area (Å²) in [6, 6.07) is 8.09. The van der Waals surface area contributed by atoms with Gasteiger partial charge in [-0.15, -0.1) is 24.0 Å². The smallest absolute Gasteiger partial charge is 0.191 e. The van der Waals surface area contributed by atoms with E-state index in [1.54, 1.807) is 7.05 Å². The average Bonchev–Trinajstić information content (AvgIpc) is 3.01. The summed E-state index contributed by atoms with van der Waals surface area (Å²) in [4.78, 5) is 4.27. The highest BCUT2D eigenvalue weighted by Crippen LogP contribution is 2.22. The number of guanidine groups is 1. The second-order valence-corrected chi connectivity index (χ2v) is 6.76. The van der Waals surface area contributed by atoms with Crippen molar-refractivity contribution in [1.29, 1.82) is 0 Å². The van der Waals surface area contributed by atoms with Gasteiger partial charge in [-0.05, 0) is 39.7 Å². The van der Waals surface area contributed by atoms with Crippen molar-refractivity contribution >= 4 is 29.9 Å². The molecule has 0 aromatic heterocycles. The molecule has 2 N–H and O–H groups in total. The van der Waals surface area contributed by atoms with Gasteiger partial charge in [-0.3, -0.25) is 4.99 Å². The number of ether oxygens (including phenoxy) is 2. The molecule has 1 aromatic carbocycles. The maximum absolute atomic E-state index is 6.02. The van der Waals surface area contributed by atoms with E-state index in [0.29, 0.717) is 12.6 Å². The van der Waals surface area contributed by atoms with E-state index < -0.39 is 0 Å². The van der Waals surface area contributed by atoms with Crippen molar-refractivity contribution in [2.24, 2.45) is 4.99 Å². The Kier molecular flexibility index (Phi) is 8.83. The molecule has 1 atom stereocenters. The molecule has 0 radical (unpaired) electrons. The second-order valence-electron chi connectivity index (χ2n) is 6.76. The lowest BCUT2D eigenvalue weighted by Gasteiger charge is -2.23. The number of halogens is 1. The molecule has 1 heterocycles. The topological polar surface area (TPSA) is 54.9 Å². The Hall–Kier alpha value is -1.02. The molecule has 2 rings (SSSR count). The van der Waals surface area contributed by atoms with Crippen LogP contribution in [0.5, 0.6) is 5.75 Å². The van der Waals surface area contributed by atoms with E-state index in [1.807, 2.05) is 18.2 Å². The van der Waals surface area contributed by atoms with E-state index >= 15 is 0 Å². The van der Waals surface area contributed by atoms with Crippen LogP contribution in [0.25, 0.3) is 0 Å². The minimum absolute atomic E-state index is 0. The number of para-hydroxylation sites is 1. The maximum atomic E-state index is 6.02. The Morgan fingerprint density at radius 1 is 1.29 bits per heavy atom.